The molecule has 1 amide bonds. The van der Waals surface area contributed by atoms with Crippen molar-refractivity contribution >= 4 is 17.7 Å². The zero-order chi connectivity index (χ0) is 16.6. The second-order valence-corrected chi connectivity index (χ2v) is 6.84. The average Bonchev–Trinajstić information content (AvgIpc) is 3.17. The molecule has 3 rings (SSSR count). The Kier molecular flexibility index (Phi) is 6.15. The third kappa shape index (κ3) is 4.76. The molecule has 2 atom stereocenters. The molecule has 1 fully saturated rings. The van der Waals surface area contributed by atoms with Gasteiger partial charge >= 0.3 is 0 Å². The number of rotatable bonds is 7. The van der Waals surface area contributed by atoms with E-state index in [-0.39, 0.29) is 17.3 Å². The van der Waals surface area contributed by atoms with Gasteiger partial charge in [0.25, 0.3) is 0 Å². The fourth-order valence-corrected chi connectivity index (χ4v) is 3.59. The number of thioether (sulfide) groups is 1. The molecule has 1 heterocycles. The SMILES string of the molecule is O=C(NC(CCOc1ccccc1)c1ccccc1)C1NCCS1. The molecule has 2 N–H and O–H groups in total. The lowest BCUT2D eigenvalue weighted by molar-refractivity contribution is -0.121. The van der Waals surface area contributed by atoms with E-state index < -0.39 is 0 Å². The minimum atomic E-state index is -0.147. The molecular formula is C19H22N2O2S. The van der Waals surface area contributed by atoms with Crippen molar-refractivity contribution < 1.29 is 9.53 Å². The van der Waals surface area contributed by atoms with Gasteiger partial charge in [0.1, 0.15) is 11.1 Å². The summed E-state index contributed by atoms with van der Waals surface area (Å²) in [7, 11) is 0. The normalized spacial score (nSPS) is 18.1. The summed E-state index contributed by atoms with van der Waals surface area (Å²) in [6, 6.07) is 19.8. The molecule has 5 heteroatoms. The molecular weight excluding hydrogens is 320 g/mol. The minimum Gasteiger partial charge on any atom is -0.494 e. The first kappa shape index (κ1) is 16.9. The summed E-state index contributed by atoms with van der Waals surface area (Å²) in [5.41, 5.74) is 1.10. The highest BCUT2D eigenvalue weighted by Crippen LogP contribution is 2.20. The van der Waals surface area contributed by atoms with Crippen LogP contribution in [0.3, 0.4) is 0 Å². The molecule has 1 aliphatic rings. The van der Waals surface area contributed by atoms with Crippen molar-refractivity contribution in [2.45, 2.75) is 17.8 Å². The Morgan fingerprint density at radius 2 is 1.88 bits per heavy atom. The first-order valence-corrected chi connectivity index (χ1v) is 9.26. The van der Waals surface area contributed by atoms with Crippen LogP contribution in [-0.4, -0.2) is 30.2 Å². The van der Waals surface area contributed by atoms with Gasteiger partial charge in [-0.25, -0.2) is 0 Å². The third-order valence-corrected chi connectivity index (χ3v) is 5.05. The lowest BCUT2D eigenvalue weighted by Crippen LogP contribution is -2.41. The van der Waals surface area contributed by atoms with E-state index in [1.165, 1.54) is 0 Å². The maximum Gasteiger partial charge on any atom is 0.248 e. The number of amides is 1. The van der Waals surface area contributed by atoms with Gasteiger partial charge in [-0.3, -0.25) is 10.1 Å². The van der Waals surface area contributed by atoms with Crippen LogP contribution in [0.4, 0.5) is 0 Å². The molecule has 2 unspecified atom stereocenters. The number of hydrogen-bond acceptors (Lipinski definition) is 4. The Bertz CT molecular complexity index is 630. The van der Waals surface area contributed by atoms with Crippen LogP contribution in [0.15, 0.2) is 60.7 Å². The van der Waals surface area contributed by atoms with E-state index in [0.717, 1.165) is 30.0 Å². The van der Waals surface area contributed by atoms with Gasteiger partial charge in [-0.15, -0.1) is 11.8 Å². The predicted molar refractivity (Wildman–Crippen MR) is 98.1 cm³/mol. The van der Waals surface area contributed by atoms with Crippen LogP contribution >= 0.6 is 11.8 Å². The van der Waals surface area contributed by atoms with Crippen LogP contribution in [0.1, 0.15) is 18.0 Å². The molecule has 0 aliphatic carbocycles. The van der Waals surface area contributed by atoms with Gasteiger partial charge in [-0.05, 0) is 17.7 Å². The minimum absolute atomic E-state index is 0.0473. The van der Waals surface area contributed by atoms with E-state index in [4.69, 9.17) is 4.74 Å². The second-order valence-electron chi connectivity index (χ2n) is 5.63. The molecule has 1 saturated heterocycles. The standard InChI is InChI=1S/C19H22N2O2S/c22-18(19-20-12-14-24-19)21-17(15-7-3-1-4-8-15)11-13-23-16-9-5-2-6-10-16/h1-10,17,19-20H,11-14H2,(H,21,22). The number of para-hydroxylation sites is 1. The fraction of sp³-hybridized carbons (Fsp3) is 0.316. The van der Waals surface area contributed by atoms with Crippen molar-refractivity contribution in [3.8, 4) is 5.75 Å². The van der Waals surface area contributed by atoms with Crippen molar-refractivity contribution in [2.24, 2.45) is 0 Å². The van der Waals surface area contributed by atoms with Crippen molar-refractivity contribution in [3.05, 3.63) is 66.2 Å². The van der Waals surface area contributed by atoms with E-state index in [2.05, 4.69) is 10.6 Å². The maximum absolute atomic E-state index is 12.4. The third-order valence-electron chi connectivity index (χ3n) is 3.89. The molecule has 0 aromatic heterocycles. The highest BCUT2D eigenvalue weighted by atomic mass is 32.2. The number of carbonyl (C=O) groups excluding carboxylic acids is 1. The van der Waals surface area contributed by atoms with E-state index in [0.29, 0.717) is 6.61 Å². The molecule has 4 nitrogen and oxygen atoms in total. The van der Waals surface area contributed by atoms with Gasteiger partial charge in [-0.2, -0.15) is 0 Å². The number of carbonyl (C=O) groups is 1. The van der Waals surface area contributed by atoms with E-state index in [1.807, 2.05) is 60.7 Å². The quantitative estimate of drug-likeness (QED) is 0.812. The van der Waals surface area contributed by atoms with Gasteiger partial charge in [0.05, 0.1) is 12.6 Å². The predicted octanol–water partition coefficient (Wildman–Crippen LogP) is 2.98. The van der Waals surface area contributed by atoms with Gasteiger partial charge in [0.2, 0.25) is 5.91 Å². The van der Waals surface area contributed by atoms with Crippen LogP contribution in [0.2, 0.25) is 0 Å². The summed E-state index contributed by atoms with van der Waals surface area (Å²) in [6.45, 7) is 1.44. The Balaban J connectivity index is 1.60. The Labute approximate surface area is 147 Å². The molecule has 0 bridgehead atoms. The summed E-state index contributed by atoms with van der Waals surface area (Å²) >= 11 is 1.65. The smallest absolute Gasteiger partial charge is 0.248 e. The zero-order valence-corrected chi connectivity index (χ0v) is 14.3. The van der Waals surface area contributed by atoms with Crippen LogP contribution < -0.4 is 15.4 Å². The zero-order valence-electron chi connectivity index (χ0n) is 13.5. The van der Waals surface area contributed by atoms with Crippen LogP contribution in [0.5, 0.6) is 5.75 Å². The second kappa shape index (κ2) is 8.76. The van der Waals surface area contributed by atoms with Crippen molar-refractivity contribution in [1.29, 1.82) is 0 Å². The molecule has 126 valence electrons. The summed E-state index contributed by atoms with van der Waals surface area (Å²) in [5, 5.41) is 6.23. The summed E-state index contributed by atoms with van der Waals surface area (Å²) in [6.07, 6.45) is 0.724. The topological polar surface area (TPSA) is 50.4 Å². The lowest BCUT2D eigenvalue weighted by atomic mass is 10.0. The average molecular weight is 342 g/mol. The monoisotopic (exact) mass is 342 g/mol. The molecule has 24 heavy (non-hydrogen) atoms. The largest absolute Gasteiger partial charge is 0.494 e. The molecule has 0 saturated carbocycles. The van der Waals surface area contributed by atoms with Crippen molar-refractivity contribution in [2.75, 3.05) is 18.9 Å². The van der Waals surface area contributed by atoms with Crippen LogP contribution in [0, 0.1) is 0 Å². The van der Waals surface area contributed by atoms with Crippen molar-refractivity contribution in [1.82, 2.24) is 10.6 Å². The maximum atomic E-state index is 12.4. The highest BCUT2D eigenvalue weighted by molar-refractivity contribution is 8.00. The number of benzene rings is 2. The molecule has 2 aromatic carbocycles. The van der Waals surface area contributed by atoms with Crippen LogP contribution in [-0.2, 0) is 4.79 Å². The summed E-state index contributed by atoms with van der Waals surface area (Å²) in [4.78, 5) is 12.4. The Hall–Kier alpha value is -1.98. The molecule has 0 spiro atoms. The van der Waals surface area contributed by atoms with Gasteiger partial charge in [0.15, 0.2) is 0 Å². The van der Waals surface area contributed by atoms with Gasteiger partial charge in [0, 0.05) is 18.7 Å². The van der Waals surface area contributed by atoms with E-state index in [9.17, 15) is 4.79 Å². The first-order valence-electron chi connectivity index (χ1n) is 8.21. The highest BCUT2D eigenvalue weighted by Gasteiger charge is 2.25. The van der Waals surface area contributed by atoms with E-state index in [1.54, 1.807) is 11.8 Å². The van der Waals surface area contributed by atoms with E-state index >= 15 is 0 Å². The van der Waals surface area contributed by atoms with Gasteiger partial charge in [-0.1, -0.05) is 48.5 Å². The van der Waals surface area contributed by atoms with Crippen molar-refractivity contribution in [3.63, 3.8) is 0 Å². The molecule has 2 aromatic rings. The molecule has 0 radical (unpaired) electrons. The number of nitrogens with one attached hydrogen (secondary N) is 2. The summed E-state index contributed by atoms with van der Waals surface area (Å²) < 4.78 is 5.79. The number of ether oxygens (including phenoxy) is 1. The molecule has 1 aliphatic heterocycles. The fourth-order valence-electron chi connectivity index (χ4n) is 2.66. The Morgan fingerprint density at radius 3 is 2.54 bits per heavy atom. The van der Waals surface area contributed by atoms with Gasteiger partial charge < -0.3 is 10.1 Å². The van der Waals surface area contributed by atoms with Crippen LogP contribution in [0.25, 0.3) is 0 Å². The Morgan fingerprint density at radius 1 is 1.17 bits per heavy atom. The lowest BCUT2D eigenvalue weighted by Gasteiger charge is -2.21. The first-order chi connectivity index (χ1) is 11.8. The number of hydrogen-bond donors (Lipinski definition) is 2. The summed E-state index contributed by atoms with van der Waals surface area (Å²) in [5.74, 6) is 1.88.